The molecular formula is C21H23BrFN3O4. The number of rotatable bonds is 5. The van der Waals surface area contributed by atoms with Crippen LogP contribution in [0.3, 0.4) is 0 Å². The first-order valence-electron chi connectivity index (χ1n) is 9.54. The van der Waals surface area contributed by atoms with Crippen molar-refractivity contribution in [1.29, 1.82) is 0 Å². The summed E-state index contributed by atoms with van der Waals surface area (Å²) in [5.41, 5.74) is 0.998. The van der Waals surface area contributed by atoms with Crippen molar-refractivity contribution in [2.24, 2.45) is 0 Å². The topological polar surface area (TPSA) is 71.1 Å². The maximum absolute atomic E-state index is 13.0. The van der Waals surface area contributed by atoms with Gasteiger partial charge in [-0.2, -0.15) is 0 Å². The minimum absolute atomic E-state index is 0.143. The first-order chi connectivity index (χ1) is 14.4. The number of benzene rings is 2. The molecule has 1 aliphatic heterocycles. The highest BCUT2D eigenvalue weighted by Crippen LogP contribution is 2.37. The maximum Gasteiger partial charge on any atom is 0.321 e. The van der Waals surface area contributed by atoms with Crippen LogP contribution in [0.1, 0.15) is 17.3 Å². The van der Waals surface area contributed by atoms with Crippen molar-refractivity contribution in [3.8, 4) is 11.5 Å². The molecule has 1 saturated heterocycles. The maximum atomic E-state index is 13.0. The Hall–Kier alpha value is -2.81. The van der Waals surface area contributed by atoms with Gasteiger partial charge in [-0.25, -0.2) is 9.18 Å². The number of amides is 3. The number of urea groups is 1. The van der Waals surface area contributed by atoms with Gasteiger partial charge < -0.3 is 24.6 Å². The van der Waals surface area contributed by atoms with Gasteiger partial charge in [-0.05, 0) is 59.3 Å². The summed E-state index contributed by atoms with van der Waals surface area (Å²) in [6.45, 7) is 3.95. The molecule has 2 aromatic carbocycles. The zero-order valence-electron chi connectivity index (χ0n) is 16.8. The number of methoxy groups -OCH3 is 1. The predicted octanol–water partition coefficient (Wildman–Crippen LogP) is 3.99. The van der Waals surface area contributed by atoms with E-state index in [1.54, 1.807) is 21.9 Å². The van der Waals surface area contributed by atoms with Crippen molar-refractivity contribution in [2.45, 2.75) is 6.92 Å². The molecule has 1 heterocycles. The van der Waals surface area contributed by atoms with Gasteiger partial charge in [0.25, 0.3) is 5.91 Å². The van der Waals surface area contributed by atoms with Crippen molar-refractivity contribution >= 4 is 33.6 Å². The number of carbonyl (C=O) groups excluding carboxylic acids is 2. The molecule has 3 amide bonds. The van der Waals surface area contributed by atoms with E-state index < -0.39 is 0 Å². The van der Waals surface area contributed by atoms with Gasteiger partial charge in [-0.15, -0.1) is 0 Å². The normalized spacial score (nSPS) is 13.7. The van der Waals surface area contributed by atoms with Crippen LogP contribution in [0.4, 0.5) is 14.9 Å². The molecule has 0 aromatic heterocycles. The zero-order chi connectivity index (χ0) is 21.7. The van der Waals surface area contributed by atoms with Crippen molar-refractivity contribution in [3.05, 3.63) is 52.3 Å². The third kappa shape index (κ3) is 5.02. The van der Waals surface area contributed by atoms with Crippen LogP contribution in [-0.4, -0.2) is 61.6 Å². The molecule has 1 aliphatic rings. The average Bonchev–Trinajstić information content (AvgIpc) is 2.76. The third-order valence-corrected chi connectivity index (χ3v) is 5.30. The van der Waals surface area contributed by atoms with Gasteiger partial charge in [0, 0.05) is 37.4 Å². The smallest absolute Gasteiger partial charge is 0.321 e. The van der Waals surface area contributed by atoms with Crippen LogP contribution in [-0.2, 0) is 0 Å². The number of halogens is 2. The van der Waals surface area contributed by atoms with Gasteiger partial charge in [0.2, 0.25) is 0 Å². The monoisotopic (exact) mass is 479 g/mol. The molecule has 0 spiro atoms. The number of carbonyl (C=O) groups is 2. The lowest BCUT2D eigenvalue weighted by Crippen LogP contribution is -2.51. The van der Waals surface area contributed by atoms with E-state index in [2.05, 4.69) is 21.2 Å². The van der Waals surface area contributed by atoms with E-state index in [1.807, 2.05) is 6.92 Å². The van der Waals surface area contributed by atoms with E-state index in [1.165, 1.54) is 31.4 Å². The number of anilines is 1. The quantitative estimate of drug-likeness (QED) is 0.703. The lowest BCUT2D eigenvalue weighted by atomic mass is 10.1. The van der Waals surface area contributed by atoms with Crippen molar-refractivity contribution in [1.82, 2.24) is 9.80 Å². The Morgan fingerprint density at radius 1 is 1.10 bits per heavy atom. The molecule has 0 aliphatic carbocycles. The van der Waals surface area contributed by atoms with Gasteiger partial charge >= 0.3 is 6.03 Å². The predicted molar refractivity (Wildman–Crippen MR) is 115 cm³/mol. The summed E-state index contributed by atoms with van der Waals surface area (Å²) in [6, 6.07) is 8.67. The first-order valence-corrected chi connectivity index (χ1v) is 10.3. The van der Waals surface area contributed by atoms with Crippen LogP contribution in [0, 0.1) is 5.82 Å². The van der Waals surface area contributed by atoms with E-state index in [0.717, 1.165) is 0 Å². The molecule has 0 atom stereocenters. The Bertz CT molecular complexity index is 915. The Morgan fingerprint density at radius 2 is 1.73 bits per heavy atom. The van der Waals surface area contributed by atoms with Gasteiger partial charge in [-0.3, -0.25) is 4.79 Å². The highest BCUT2D eigenvalue weighted by atomic mass is 79.9. The highest BCUT2D eigenvalue weighted by molar-refractivity contribution is 9.10. The molecule has 0 bridgehead atoms. The Morgan fingerprint density at radius 3 is 2.33 bits per heavy atom. The molecule has 0 unspecified atom stereocenters. The number of hydrogen-bond acceptors (Lipinski definition) is 4. The second kappa shape index (κ2) is 9.80. The van der Waals surface area contributed by atoms with E-state index in [-0.39, 0.29) is 17.8 Å². The second-order valence-corrected chi connectivity index (χ2v) is 7.49. The summed E-state index contributed by atoms with van der Waals surface area (Å²) in [5, 5.41) is 2.74. The molecule has 7 nitrogen and oxygen atoms in total. The Balaban J connectivity index is 1.61. The van der Waals surface area contributed by atoms with E-state index in [0.29, 0.717) is 60.0 Å². The molecule has 160 valence electrons. The molecule has 0 saturated carbocycles. The van der Waals surface area contributed by atoms with Crippen LogP contribution in [0.2, 0.25) is 0 Å². The molecule has 9 heteroatoms. The largest absolute Gasteiger partial charge is 0.493 e. The summed E-state index contributed by atoms with van der Waals surface area (Å²) in [4.78, 5) is 28.7. The van der Waals surface area contributed by atoms with E-state index in [9.17, 15) is 14.0 Å². The lowest BCUT2D eigenvalue weighted by Gasteiger charge is -2.34. The van der Waals surface area contributed by atoms with E-state index >= 15 is 0 Å². The number of nitrogens with one attached hydrogen (secondary N) is 1. The van der Waals surface area contributed by atoms with Crippen molar-refractivity contribution in [3.63, 3.8) is 0 Å². The van der Waals surface area contributed by atoms with Gasteiger partial charge in [0.15, 0.2) is 11.5 Å². The summed E-state index contributed by atoms with van der Waals surface area (Å²) in [6.07, 6.45) is 0. The second-order valence-electron chi connectivity index (χ2n) is 6.64. The first kappa shape index (κ1) is 21.9. The fourth-order valence-corrected chi connectivity index (χ4v) is 3.72. The van der Waals surface area contributed by atoms with Crippen LogP contribution in [0.25, 0.3) is 0 Å². The van der Waals surface area contributed by atoms with Gasteiger partial charge in [0.05, 0.1) is 18.2 Å². The minimum Gasteiger partial charge on any atom is -0.493 e. The molecule has 3 rings (SSSR count). The van der Waals surface area contributed by atoms with Crippen LogP contribution in [0.5, 0.6) is 11.5 Å². The van der Waals surface area contributed by atoms with E-state index in [4.69, 9.17) is 9.47 Å². The number of nitrogens with zero attached hydrogens (tertiary/aromatic N) is 2. The summed E-state index contributed by atoms with van der Waals surface area (Å²) < 4.78 is 24.6. The standard InChI is InChI=1S/C21H23BrFN3O4/c1-3-30-19-17(22)12-14(13-18(19)29-2)20(27)25-8-10-26(11-9-25)21(28)24-16-6-4-15(23)5-7-16/h4-7,12-13H,3,8-11H2,1-2H3,(H,24,28). The van der Waals surface area contributed by atoms with Crippen molar-refractivity contribution < 1.29 is 23.5 Å². The molecule has 30 heavy (non-hydrogen) atoms. The van der Waals surface area contributed by atoms with Crippen LogP contribution >= 0.6 is 15.9 Å². The molecular weight excluding hydrogens is 457 g/mol. The highest BCUT2D eigenvalue weighted by Gasteiger charge is 2.26. The zero-order valence-corrected chi connectivity index (χ0v) is 18.4. The molecule has 1 fully saturated rings. The summed E-state index contributed by atoms with van der Waals surface area (Å²) in [7, 11) is 1.52. The fraction of sp³-hybridized carbons (Fsp3) is 0.333. The molecule has 0 radical (unpaired) electrons. The average molecular weight is 480 g/mol. The van der Waals surface area contributed by atoms with Gasteiger partial charge in [0.1, 0.15) is 5.82 Å². The lowest BCUT2D eigenvalue weighted by molar-refractivity contribution is 0.0671. The Kier molecular flexibility index (Phi) is 7.15. The number of hydrogen-bond donors (Lipinski definition) is 1. The van der Waals surface area contributed by atoms with Crippen molar-refractivity contribution in [2.75, 3.05) is 45.2 Å². The molecule has 2 aromatic rings. The fourth-order valence-electron chi connectivity index (χ4n) is 3.16. The third-order valence-electron chi connectivity index (χ3n) is 4.71. The van der Waals surface area contributed by atoms with Crippen LogP contribution < -0.4 is 14.8 Å². The number of piperazine rings is 1. The molecule has 1 N–H and O–H groups in total. The number of ether oxygens (including phenoxy) is 2. The summed E-state index contributed by atoms with van der Waals surface area (Å²) in [5.74, 6) is 0.527. The SMILES string of the molecule is CCOc1c(Br)cc(C(=O)N2CCN(C(=O)Nc3ccc(F)cc3)CC2)cc1OC. The van der Waals surface area contributed by atoms with Gasteiger partial charge in [-0.1, -0.05) is 0 Å². The minimum atomic E-state index is -0.363. The summed E-state index contributed by atoms with van der Waals surface area (Å²) >= 11 is 3.44. The van der Waals surface area contributed by atoms with Crippen LogP contribution in [0.15, 0.2) is 40.9 Å². The Labute approximate surface area is 182 Å².